The molecule has 2 rings (SSSR count). The highest BCUT2D eigenvalue weighted by atomic mass is 16.3. The van der Waals surface area contributed by atoms with Gasteiger partial charge in [0.2, 0.25) is 0 Å². The Morgan fingerprint density at radius 1 is 1.40 bits per heavy atom. The van der Waals surface area contributed by atoms with E-state index < -0.39 is 0 Å². The topological polar surface area (TPSA) is 36.4 Å². The highest BCUT2D eigenvalue weighted by molar-refractivity contribution is 5.09. The molecule has 0 amide bonds. The molecule has 1 aliphatic heterocycles. The van der Waals surface area contributed by atoms with Crippen molar-refractivity contribution in [3.8, 4) is 0 Å². The molecule has 0 aromatic carbocycles. The summed E-state index contributed by atoms with van der Waals surface area (Å²) in [5, 5.41) is 9.53. The predicted octanol–water partition coefficient (Wildman–Crippen LogP) is 1.08. The van der Waals surface area contributed by atoms with Gasteiger partial charge in [0, 0.05) is 25.5 Å². The smallest absolute Gasteiger partial charge is 0.0667 e. The molecule has 0 spiro atoms. The van der Waals surface area contributed by atoms with Crippen LogP contribution in [0, 0.1) is 0 Å². The lowest BCUT2D eigenvalue weighted by Gasteiger charge is -2.29. The molecular formula is C12H18N2O. The molecule has 0 bridgehead atoms. The molecule has 82 valence electrons. The van der Waals surface area contributed by atoms with Crippen LogP contribution in [0.2, 0.25) is 0 Å². The van der Waals surface area contributed by atoms with Crippen molar-refractivity contribution in [2.75, 3.05) is 19.6 Å². The molecule has 1 N–H and O–H groups in total. The number of aliphatic hydroxyl groups excluding tert-OH is 1. The Balaban J connectivity index is 1.78. The van der Waals surface area contributed by atoms with Gasteiger partial charge in [-0.05, 0) is 43.5 Å². The number of aliphatic hydroxyl groups is 1. The number of rotatable bonds is 3. The lowest BCUT2D eigenvalue weighted by atomic mass is 10.1. The third-order valence-corrected chi connectivity index (χ3v) is 2.95. The van der Waals surface area contributed by atoms with E-state index in [1.54, 1.807) is 0 Å². The number of hydrogen-bond donors (Lipinski definition) is 1. The van der Waals surface area contributed by atoms with Gasteiger partial charge in [0.1, 0.15) is 0 Å². The zero-order valence-corrected chi connectivity index (χ0v) is 8.97. The first-order valence-corrected chi connectivity index (χ1v) is 5.64. The molecule has 1 saturated heterocycles. The molecular weight excluding hydrogens is 188 g/mol. The molecule has 0 unspecified atom stereocenters. The maximum absolute atomic E-state index is 9.53. The minimum absolute atomic E-state index is 0.115. The van der Waals surface area contributed by atoms with Gasteiger partial charge in [-0.1, -0.05) is 0 Å². The van der Waals surface area contributed by atoms with Gasteiger partial charge in [0.05, 0.1) is 6.10 Å². The Morgan fingerprint density at radius 3 is 2.93 bits per heavy atom. The van der Waals surface area contributed by atoms with E-state index in [1.165, 1.54) is 5.56 Å². The lowest BCUT2D eigenvalue weighted by Crippen LogP contribution is -2.39. The molecule has 1 fully saturated rings. The van der Waals surface area contributed by atoms with E-state index in [4.69, 9.17) is 0 Å². The van der Waals surface area contributed by atoms with E-state index in [-0.39, 0.29) is 6.10 Å². The van der Waals surface area contributed by atoms with Gasteiger partial charge in [0.25, 0.3) is 0 Å². The van der Waals surface area contributed by atoms with Crippen molar-refractivity contribution < 1.29 is 5.11 Å². The molecule has 1 atom stereocenters. The molecule has 0 aliphatic carbocycles. The number of β-amino-alcohol motifs (C(OH)–C–C–N with tert-alkyl or cyclic N) is 1. The summed E-state index contributed by atoms with van der Waals surface area (Å²) in [6.45, 7) is 3.01. The number of hydrogen-bond acceptors (Lipinski definition) is 3. The largest absolute Gasteiger partial charge is 0.392 e. The fourth-order valence-electron chi connectivity index (χ4n) is 2.07. The van der Waals surface area contributed by atoms with Gasteiger partial charge in [-0.25, -0.2) is 0 Å². The summed E-state index contributed by atoms with van der Waals surface area (Å²) in [6, 6.07) is 4.11. The number of likely N-dealkylation sites (tertiary alicyclic amines) is 1. The summed E-state index contributed by atoms with van der Waals surface area (Å²) in [7, 11) is 0. The Labute approximate surface area is 90.8 Å². The van der Waals surface area contributed by atoms with Gasteiger partial charge < -0.3 is 10.0 Å². The fourth-order valence-corrected chi connectivity index (χ4v) is 2.07. The van der Waals surface area contributed by atoms with Crippen LogP contribution in [0.15, 0.2) is 24.5 Å². The normalized spacial score (nSPS) is 22.9. The van der Waals surface area contributed by atoms with Crippen LogP contribution in [0.5, 0.6) is 0 Å². The number of aromatic nitrogens is 1. The summed E-state index contributed by atoms with van der Waals surface area (Å²) in [6.07, 6.45) is 6.69. The van der Waals surface area contributed by atoms with E-state index in [2.05, 4.69) is 22.0 Å². The van der Waals surface area contributed by atoms with E-state index in [0.717, 1.165) is 38.9 Å². The Kier molecular flexibility index (Phi) is 3.69. The standard InChI is InChI=1S/C12H18N2O/c15-12-2-1-8-14(10-12)9-5-11-3-6-13-7-4-11/h3-4,6-7,12,15H,1-2,5,8-10H2/t12-/m0/s1. The first-order chi connectivity index (χ1) is 7.34. The Bertz CT molecular complexity index is 289. The molecule has 0 radical (unpaired) electrons. The number of piperidine rings is 1. The summed E-state index contributed by atoms with van der Waals surface area (Å²) >= 11 is 0. The maximum Gasteiger partial charge on any atom is 0.0667 e. The second-order valence-electron chi connectivity index (χ2n) is 4.20. The Morgan fingerprint density at radius 2 is 2.20 bits per heavy atom. The summed E-state index contributed by atoms with van der Waals surface area (Å²) < 4.78 is 0. The van der Waals surface area contributed by atoms with Crippen LogP contribution < -0.4 is 0 Å². The lowest BCUT2D eigenvalue weighted by molar-refractivity contribution is 0.0714. The minimum atomic E-state index is -0.115. The molecule has 1 aliphatic rings. The van der Waals surface area contributed by atoms with Gasteiger partial charge in [-0.2, -0.15) is 0 Å². The average molecular weight is 206 g/mol. The number of nitrogens with zero attached hydrogens (tertiary/aromatic N) is 2. The summed E-state index contributed by atoms with van der Waals surface area (Å²) in [5.41, 5.74) is 1.32. The third kappa shape index (κ3) is 3.29. The first kappa shape index (κ1) is 10.6. The van der Waals surface area contributed by atoms with E-state index >= 15 is 0 Å². The van der Waals surface area contributed by atoms with E-state index in [0.29, 0.717) is 0 Å². The number of pyridine rings is 1. The third-order valence-electron chi connectivity index (χ3n) is 2.95. The zero-order chi connectivity index (χ0) is 10.5. The first-order valence-electron chi connectivity index (χ1n) is 5.64. The summed E-state index contributed by atoms with van der Waals surface area (Å²) in [4.78, 5) is 6.34. The molecule has 2 heterocycles. The minimum Gasteiger partial charge on any atom is -0.392 e. The van der Waals surface area contributed by atoms with E-state index in [9.17, 15) is 5.11 Å². The fraction of sp³-hybridized carbons (Fsp3) is 0.583. The SMILES string of the molecule is O[C@H]1CCCN(CCc2ccncc2)C1. The van der Waals surface area contributed by atoms with Crippen LogP contribution in [0.1, 0.15) is 18.4 Å². The van der Waals surface area contributed by atoms with Crippen LogP contribution in [-0.4, -0.2) is 40.7 Å². The zero-order valence-electron chi connectivity index (χ0n) is 8.97. The van der Waals surface area contributed by atoms with Gasteiger partial charge in [-0.15, -0.1) is 0 Å². The molecule has 3 nitrogen and oxygen atoms in total. The van der Waals surface area contributed by atoms with Crippen LogP contribution in [0.3, 0.4) is 0 Å². The second kappa shape index (κ2) is 5.24. The van der Waals surface area contributed by atoms with E-state index in [1.807, 2.05) is 12.4 Å². The predicted molar refractivity (Wildman–Crippen MR) is 59.6 cm³/mol. The monoisotopic (exact) mass is 206 g/mol. The average Bonchev–Trinajstić information content (AvgIpc) is 2.28. The van der Waals surface area contributed by atoms with Gasteiger partial charge in [-0.3, -0.25) is 4.98 Å². The van der Waals surface area contributed by atoms with Crippen molar-refractivity contribution in [3.63, 3.8) is 0 Å². The van der Waals surface area contributed by atoms with Gasteiger partial charge in [0.15, 0.2) is 0 Å². The highest BCUT2D eigenvalue weighted by Gasteiger charge is 2.16. The quantitative estimate of drug-likeness (QED) is 0.804. The molecule has 3 heteroatoms. The van der Waals surface area contributed by atoms with Crippen molar-refractivity contribution in [2.24, 2.45) is 0 Å². The maximum atomic E-state index is 9.53. The molecule has 15 heavy (non-hydrogen) atoms. The van der Waals surface area contributed by atoms with Crippen LogP contribution in [0.4, 0.5) is 0 Å². The van der Waals surface area contributed by atoms with Crippen LogP contribution >= 0.6 is 0 Å². The highest BCUT2D eigenvalue weighted by Crippen LogP contribution is 2.10. The molecule has 0 saturated carbocycles. The van der Waals surface area contributed by atoms with Gasteiger partial charge >= 0.3 is 0 Å². The van der Waals surface area contributed by atoms with Crippen molar-refractivity contribution in [1.29, 1.82) is 0 Å². The van der Waals surface area contributed by atoms with Crippen molar-refractivity contribution in [3.05, 3.63) is 30.1 Å². The Hall–Kier alpha value is -0.930. The summed E-state index contributed by atoms with van der Waals surface area (Å²) in [5.74, 6) is 0. The van der Waals surface area contributed by atoms with Crippen molar-refractivity contribution in [2.45, 2.75) is 25.4 Å². The second-order valence-corrected chi connectivity index (χ2v) is 4.20. The van der Waals surface area contributed by atoms with Crippen molar-refractivity contribution >= 4 is 0 Å². The van der Waals surface area contributed by atoms with Crippen LogP contribution in [0.25, 0.3) is 0 Å². The molecule has 1 aromatic heterocycles. The van der Waals surface area contributed by atoms with Crippen LogP contribution in [-0.2, 0) is 6.42 Å². The van der Waals surface area contributed by atoms with Crippen molar-refractivity contribution in [1.82, 2.24) is 9.88 Å². The molecule has 1 aromatic rings.